The van der Waals surface area contributed by atoms with Crippen LogP contribution in [-0.4, -0.2) is 228 Å². The zero-order valence-electron chi connectivity index (χ0n) is 51.2. The van der Waals surface area contributed by atoms with Crippen LogP contribution in [0, 0.1) is 22.7 Å². The summed E-state index contributed by atoms with van der Waals surface area (Å²) in [5.41, 5.74) is -3.15. The summed E-state index contributed by atoms with van der Waals surface area (Å²) in [6, 6.07) is 9.42. The van der Waals surface area contributed by atoms with Crippen molar-refractivity contribution in [3.63, 3.8) is 0 Å². The van der Waals surface area contributed by atoms with Crippen molar-refractivity contribution < 1.29 is 112 Å². The lowest BCUT2D eigenvalue weighted by molar-refractivity contribution is -0.358. The summed E-state index contributed by atoms with van der Waals surface area (Å²) in [7, 11) is 4.68. The third kappa shape index (κ3) is 12.5. The normalized spacial score (nSPS) is 48.8. The number of hydrogen-bond donors (Lipinski definition) is 7. The van der Waals surface area contributed by atoms with Gasteiger partial charge in [-0.2, -0.15) is 0 Å². The van der Waals surface area contributed by atoms with E-state index in [1.807, 2.05) is 51.1 Å². The zero-order chi connectivity index (χ0) is 61.8. The molecule has 7 N–H and O–H groups in total. The minimum atomic E-state index is -1.71. The number of carbonyl (C=O) groups is 2. The molecular formula is C63H94O23. The Bertz CT molecular complexity index is 2510. The Morgan fingerprint density at radius 1 is 0.651 bits per heavy atom. The molecule has 0 amide bonds. The van der Waals surface area contributed by atoms with Gasteiger partial charge in [-0.15, -0.1) is 0 Å². The number of fused-ring (bicyclic) bond motifs is 5. The van der Waals surface area contributed by atoms with Gasteiger partial charge in [0.1, 0.15) is 71.9 Å². The molecule has 86 heavy (non-hydrogen) atoms. The monoisotopic (exact) mass is 1220 g/mol. The third-order valence-corrected chi connectivity index (χ3v) is 21.2. The fourth-order valence-corrected chi connectivity index (χ4v) is 16.4. The van der Waals surface area contributed by atoms with Gasteiger partial charge in [-0.1, -0.05) is 55.8 Å². The summed E-state index contributed by atoms with van der Waals surface area (Å²) in [5.74, 6) is -1.77. The number of ether oxygens (including phenoxy) is 14. The van der Waals surface area contributed by atoms with Gasteiger partial charge >= 0.3 is 5.97 Å². The number of methoxy groups -OCH3 is 3. The van der Waals surface area contributed by atoms with Gasteiger partial charge in [0.2, 0.25) is 0 Å². The van der Waals surface area contributed by atoms with E-state index in [-0.39, 0.29) is 50.4 Å². The second-order valence-corrected chi connectivity index (χ2v) is 26.1. The van der Waals surface area contributed by atoms with Crippen LogP contribution >= 0.6 is 0 Å². The van der Waals surface area contributed by atoms with E-state index in [1.54, 1.807) is 34.1 Å². The molecule has 10 rings (SSSR count). The molecule has 8 fully saturated rings. The summed E-state index contributed by atoms with van der Waals surface area (Å²) in [5, 5.41) is 78.5. The smallest absolute Gasteiger partial charge is 0.331 e. The van der Waals surface area contributed by atoms with Crippen LogP contribution in [-0.2, 0) is 75.9 Å². The first kappa shape index (κ1) is 66.0. The standard InChI is InChI=1S/C63H94O23/c1-31(65)39-20-23-63(72)61(39,7)46(82-47(67)17-16-36-14-12-11-13-15-36)29-45-60(6)21-19-38(24-37(60)18-22-62(45,63)71)80-49-26-41(73-8)56(33(3)77-49)84-48-25-40(66)55(32(2)76-48)83-50-27-42(74-9)57(34(4)78-50)85-51-28-43(75-10)58(35(5)79-51)86-59-54(70)53(69)52(68)44(30-64)81-59/h11-18,32-35,38-46,48-59,64,66,68-72H,19-30H2,1-10H3/b17-16+/t32-,33-,34-,35-,38+,39+,40+,41+,42+,43-,44-,45-,46-,48+,49+,50+,51+,52-,53+,54-,55-,56-,57-,58-,59+,60+,61+,62+,63-/m1/s1. The molecule has 0 spiro atoms. The minimum absolute atomic E-state index is 0.0871. The number of esters is 1. The van der Waals surface area contributed by atoms with E-state index < -0.39 is 182 Å². The van der Waals surface area contributed by atoms with Crippen LogP contribution in [0.5, 0.6) is 0 Å². The van der Waals surface area contributed by atoms with E-state index >= 15 is 0 Å². The second kappa shape index (κ2) is 26.7. The number of ketones is 1. The molecule has 5 heterocycles. The molecule has 0 bridgehead atoms. The Balaban J connectivity index is 0.710. The van der Waals surface area contributed by atoms with Crippen molar-refractivity contribution in [3.05, 3.63) is 53.6 Å². The number of aliphatic hydroxyl groups excluding tert-OH is 5. The van der Waals surface area contributed by atoms with Crippen LogP contribution in [0.3, 0.4) is 0 Å². The van der Waals surface area contributed by atoms with Crippen LogP contribution in [0.1, 0.15) is 125 Å². The number of aliphatic hydroxyl groups is 7. The molecule has 1 aromatic carbocycles. The Morgan fingerprint density at radius 2 is 1.19 bits per heavy atom. The number of benzene rings is 1. The van der Waals surface area contributed by atoms with Crippen molar-refractivity contribution in [1.82, 2.24) is 0 Å². The van der Waals surface area contributed by atoms with E-state index in [9.17, 15) is 45.3 Å². The first-order valence-corrected chi connectivity index (χ1v) is 30.9. The van der Waals surface area contributed by atoms with E-state index in [2.05, 4.69) is 13.0 Å². The van der Waals surface area contributed by atoms with Crippen LogP contribution in [0.25, 0.3) is 6.08 Å². The number of hydrogen-bond acceptors (Lipinski definition) is 23. The lowest BCUT2D eigenvalue weighted by Crippen LogP contribution is -2.75. The number of carbonyl (C=O) groups excluding carboxylic acids is 2. The largest absolute Gasteiger partial charge is 0.458 e. The lowest BCUT2D eigenvalue weighted by Gasteiger charge is -2.66. The highest BCUT2D eigenvalue weighted by Gasteiger charge is 2.77. The van der Waals surface area contributed by atoms with E-state index in [0.29, 0.717) is 32.1 Å². The topological polar surface area (TPSA) is 305 Å². The fraction of sp³-hybridized carbons (Fsp3) is 0.810. The maximum absolute atomic E-state index is 13.6. The first-order valence-electron chi connectivity index (χ1n) is 30.9. The van der Waals surface area contributed by atoms with Crippen molar-refractivity contribution in [3.8, 4) is 0 Å². The zero-order valence-corrected chi connectivity index (χ0v) is 51.2. The maximum Gasteiger partial charge on any atom is 0.331 e. The quantitative estimate of drug-likeness (QED) is 0.0630. The summed E-state index contributed by atoms with van der Waals surface area (Å²) in [6.45, 7) is 12.1. The van der Waals surface area contributed by atoms with Gasteiger partial charge in [-0.05, 0) is 96.6 Å². The van der Waals surface area contributed by atoms with Gasteiger partial charge in [0.15, 0.2) is 31.5 Å². The predicted molar refractivity (Wildman–Crippen MR) is 302 cm³/mol. The number of rotatable bonds is 18. The molecule has 23 nitrogen and oxygen atoms in total. The molecule has 5 aliphatic heterocycles. The van der Waals surface area contributed by atoms with Gasteiger partial charge in [0.05, 0.1) is 61.5 Å². The van der Waals surface area contributed by atoms with E-state index in [0.717, 1.165) is 11.1 Å². The summed E-state index contributed by atoms with van der Waals surface area (Å²) < 4.78 is 87.5. The van der Waals surface area contributed by atoms with Crippen LogP contribution < -0.4 is 0 Å². The highest BCUT2D eigenvalue weighted by atomic mass is 16.8. The van der Waals surface area contributed by atoms with Crippen LogP contribution in [0.15, 0.2) is 48.1 Å². The highest BCUT2D eigenvalue weighted by molar-refractivity contribution is 5.87. The maximum atomic E-state index is 13.6. The third-order valence-electron chi connectivity index (χ3n) is 21.2. The van der Waals surface area contributed by atoms with Gasteiger partial charge < -0.3 is 102 Å². The molecule has 9 aliphatic rings. The summed E-state index contributed by atoms with van der Waals surface area (Å²) >= 11 is 0. The molecule has 5 saturated heterocycles. The van der Waals surface area contributed by atoms with Gasteiger partial charge in [0, 0.05) is 70.3 Å². The molecule has 29 atom stereocenters. The van der Waals surface area contributed by atoms with Crippen LogP contribution in [0.4, 0.5) is 0 Å². The second-order valence-electron chi connectivity index (χ2n) is 26.1. The molecule has 1 aromatic rings. The molecule has 0 aromatic heterocycles. The lowest BCUT2D eigenvalue weighted by atomic mass is 9.43. The van der Waals surface area contributed by atoms with Gasteiger partial charge in [-0.25, -0.2) is 4.79 Å². The summed E-state index contributed by atoms with van der Waals surface area (Å²) in [6.07, 6.45) is -10.2. The van der Waals surface area contributed by atoms with Gasteiger partial charge in [0.25, 0.3) is 0 Å². The van der Waals surface area contributed by atoms with Crippen molar-refractivity contribution in [2.75, 3.05) is 27.9 Å². The Kier molecular flexibility index (Phi) is 20.5. The first-order chi connectivity index (χ1) is 40.9. The Labute approximate surface area is 503 Å². The molecular weight excluding hydrogens is 1120 g/mol. The highest BCUT2D eigenvalue weighted by Crippen LogP contribution is 2.70. The van der Waals surface area contributed by atoms with Crippen molar-refractivity contribution in [1.29, 1.82) is 0 Å². The Hall–Kier alpha value is -2.96. The molecule has 3 saturated carbocycles. The molecule has 0 unspecified atom stereocenters. The minimum Gasteiger partial charge on any atom is -0.458 e. The number of Topliss-reactive ketones (excluding diaryl/α,β-unsaturated/α-hetero) is 1. The average molecular weight is 1220 g/mol. The SMILES string of the molecule is CO[C@H]1C[C@H](O[C@H]2CC[C@@]3(C)C(=CC[C@]4(O)[C@@H]3C[C@@H](OC(=O)/C=C/c3ccccc3)[C@]3(C)[C@H](C(C)=O)CC[C@@]34O)C2)O[C@H](C)[C@H]1O[C@H]1C[C@H](O)[C@H](O[C@H]2C[C@H](OC)[C@H](O[C@H]3C[C@@H](OC)[C@H](O[C@@H]4O[C@H](CO)[C@@H](O)[C@H](O)[C@H]4O)[C@@H](C)O3)[C@@H](C)O2)[C@@H](C)O1. The predicted octanol–water partition coefficient (Wildman–Crippen LogP) is 3.29. The van der Waals surface area contributed by atoms with Crippen molar-refractivity contribution in [2.45, 2.75) is 272 Å². The fourth-order valence-electron chi connectivity index (χ4n) is 16.4. The van der Waals surface area contributed by atoms with Crippen LogP contribution in [0.2, 0.25) is 0 Å². The summed E-state index contributed by atoms with van der Waals surface area (Å²) in [4.78, 5) is 26.9. The van der Waals surface area contributed by atoms with E-state index in [1.165, 1.54) is 20.1 Å². The van der Waals surface area contributed by atoms with Crippen molar-refractivity contribution in [2.24, 2.45) is 22.7 Å². The van der Waals surface area contributed by atoms with E-state index in [4.69, 9.17) is 66.3 Å². The van der Waals surface area contributed by atoms with Gasteiger partial charge in [-0.3, -0.25) is 4.79 Å². The molecule has 4 aliphatic carbocycles. The molecule has 484 valence electrons. The molecule has 0 radical (unpaired) electrons. The van der Waals surface area contributed by atoms with Crippen molar-refractivity contribution >= 4 is 17.8 Å². The Morgan fingerprint density at radius 3 is 1.73 bits per heavy atom. The molecule has 23 heteroatoms. The average Bonchev–Trinajstić information content (AvgIpc) is 1.38.